The second-order valence-corrected chi connectivity index (χ2v) is 7.22. The molecule has 0 saturated carbocycles. The van der Waals surface area contributed by atoms with Crippen molar-refractivity contribution < 1.29 is 9.53 Å². The first kappa shape index (κ1) is 18.3. The summed E-state index contributed by atoms with van der Waals surface area (Å²) in [7, 11) is 1.66. The van der Waals surface area contributed by atoms with Crippen LogP contribution in [0.5, 0.6) is 5.75 Å². The predicted octanol–water partition coefficient (Wildman–Crippen LogP) is 4.20. The number of hydrogen-bond acceptors (Lipinski definition) is 7. The molecule has 3 rings (SSSR count). The second kappa shape index (κ2) is 7.84. The van der Waals surface area contributed by atoms with Gasteiger partial charge in [0.15, 0.2) is 10.3 Å². The van der Waals surface area contributed by atoms with Crippen LogP contribution in [0.2, 0.25) is 0 Å². The zero-order valence-electron chi connectivity index (χ0n) is 14.9. The van der Waals surface area contributed by atoms with Gasteiger partial charge in [-0.25, -0.2) is 15.0 Å². The van der Waals surface area contributed by atoms with E-state index in [9.17, 15) is 4.79 Å². The van der Waals surface area contributed by atoms with E-state index in [-0.39, 0.29) is 5.91 Å². The van der Waals surface area contributed by atoms with Crippen LogP contribution in [0.1, 0.15) is 21.5 Å². The Hall–Kier alpha value is -2.45. The Morgan fingerprint density at radius 1 is 1.19 bits per heavy atom. The topological polar surface area (TPSA) is 77.0 Å². The molecule has 6 nitrogen and oxygen atoms in total. The van der Waals surface area contributed by atoms with Gasteiger partial charge in [0.25, 0.3) is 5.91 Å². The molecule has 1 aromatic carbocycles. The van der Waals surface area contributed by atoms with E-state index in [1.807, 2.05) is 37.6 Å². The van der Waals surface area contributed by atoms with E-state index in [0.717, 1.165) is 28.1 Å². The lowest BCUT2D eigenvalue weighted by Crippen LogP contribution is -2.12. The average Bonchev–Trinajstić information content (AvgIpc) is 3.11. The van der Waals surface area contributed by atoms with Gasteiger partial charge in [0.2, 0.25) is 0 Å². The standard InChI is InChI=1S/C18H18N4O2S2/c1-10-6-15(24-3)11(2)5-13(10)14-9-26-18(21-14)22-16(23)12-7-19-17(25-4)20-8-12/h5-9H,1-4H3,(H,21,22,23). The average molecular weight is 387 g/mol. The number of thioether (sulfide) groups is 1. The highest BCUT2D eigenvalue weighted by Gasteiger charge is 2.13. The minimum Gasteiger partial charge on any atom is -0.496 e. The highest BCUT2D eigenvalue weighted by Crippen LogP contribution is 2.32. The summed E-state index contributed by atoms with van der Waals surface area (Å²) in [6.07, 6.45) is 4.91. The SMILES string of the molecule is COc1cc(C)c(-c2csc(NC(=O)c3cnc(SC)nc3)n2)cc1C. The number of thiazole rings is 1. The van der Waals surface area contributed by atoms with Gasteiger partial charge in [-0.05, 0) is 43.4 Å². The molecule has 0 aliphatic heterocycles. The molecule has 2 heterocycles. The lowest BCUT2D eigenvalue weighted by Gasteiger charge is -2.09. The molecule has 0 fully saturated rings. The molecule has 3 aromatic rings. The Kier molecular flexibility index (Phi) is 5.53. The third-order valence-corrected chi connectivity index (χ3v) is 5.15. The Labute approximate surface area is 160 Å². The van der Waals surface area contributed by atoms with Crippen molar-refractivity contribution in [3.05, 3.63) is 46.6 Å². The molecule has 26 heavy (non-hydrogen) atoms. The summed E-state index contributed by atoms with van der Waals surface area (Å²) >= 11 is 2.81. The van der Waals surface area contributed by atoms with Crippen molar-refractivity contribution in [1.82, 2.24) is 15.0 Å². The first-order valence-corrected chi connectivity index (χ1v) is 9.90. The smallest absolute Gasteiger partial charge is 0.260 e. The molecule has 0 saturated heterocycles. The summed E-state index contributed by atoms with van der Waals surface area (Å²) in [5, 5.41) is 5.89. The summed E-state index contributed by atoms with van der Waals surface area (Å²) < 4.78 is 5.35. The minimum absolute atomic E-state index is 0.277. The largest absolute Gasteiger partial charge is 0.496 e. The van der Waals surface area contributed by atoms with E-state index in [0.29, 0.717) is 15.9 Å². The number of benzene rings is 1. The van der Waals surface area contributed by atoms with Crippen LogP contribution in [0.4, 0.5) is 5.13 Å². The Bertz CT molecular complexity index is 939. The first-order chi connectivity index (χ1) is 12.5. The summed E-state index contributed by atoms with van der Waals surface area (Å²) in [5.74, 6) is 0.574. The van der Waals surface area contributed by atoms with E-state index in [4.69, 9.17) is 4.74 Å². The number of methoxy groups -OCH3 is 1. The van der Waals surface area contributed by atoms with Crippen molar-refractivity contribution in [2.75, 3.05) is 18.7 Å². The van der Waals surface area contributed by atoms with Crippen molar-refractivity contribution >= 4 is 34.1 Å². The number of aryl methyl sites for hydroxylation is 2. The van der Waals surface area contributed by atoms with Gasteiger partial charge in [0.05, 0.1) is 18.4 Å². The summed E-state index contributed by atoms with van der Waals surface area (Å²) in [6, 6.07) is 4.04. The van der Waals surface area contributed by atoms with Crippen LogP contribution in [-0.2, 0) is 0 Å². The van der Waals surface area contributed by atoms with Gasteiger partial charge in [-0.3, -0.25) is 10.1 Å². The molecule has 0 aliphatic carbocycles. The van der Waals surface area contributed by atoms with Gasteiger partial charge >= 0.3 is 0 Å². The molecule has 134 valence electrons. The number of rotatable bonds is 5. The van der Waals surface area contributed by atoms with Crippen LogP contribution in [0.3, 0.4) is 0 Å². The number of anilines is 1. The molecule has 8 heteroatoms. The molecule has 0 unspecified atom stereocenters. The van der Waals surface area contributed by atoms with Crippen LogP contribution < -0.4 is 10.1 Å². The second-order valence-electron chi connectivity index (χ2n) is 5.59. The number of ether oxygens (including phenoxy) is 1. The van der Waals surface area contributed by atoms with Crippen LogP contribution in [0.15, 0.2) is 35.1 Å². The first-order valence-electron chi connectivity index (χ1n) is 7.80. The highest BCUT2D eigenvalue weighted by atomic mass is 32.2. The van der Waals surface area contributed by atoms with E-state index >= 15 is 0 Å². The highest BCUT2D eigenvalue weighted by molar-refractivity contribution is 7.98. The van der Waals surface area contributed by atoms with E-state index in [2.05, 4.69) is 20.3 Å². The van der Waals surface area contributed by atoms with Gasteiger partial charge in [0, 0.05) is 23.3 Å². The number of amides is 1. The van der Waals surface area contributed by atoms with Crippen molar-refractivity contribution in [2.24, 2.45) is 0 Å². The van der Waals surface area contributed by atoms with E-state index in [1.54, 1.807) is 7.11 Å². The molecule has 0 spiro atoms. The molecule has 0 atom stereocenters. The normalized spacial score (nSPS) is 10.6. The van der Waals surface area contributed by atoms with Gasteiger partial charge in [0.1, 0.15) is 5.75 Å². The molecular formula is C18H18N4O2S2. The monoisotopic (exact) mass is 386 g/mol. The van der Waals surface area contributed by atoms with Gasteiger partial charge in [-0.1, -0.05) is 11.8 Å². The Morgan fingerprint density at radius 3 is 2.58 bits per heavy atom. The van der Waals surface area contributed by atoms with E-state index in [1.165, 1.54) is 35.5 Å². The number of carbonyl (C=O) groups is 1. The maximum Gasteiger partial charge on any atom is 0.260 e. The Balaban J connectivity index is 1.79. The van der Waals surface area contributed by atoms with Crippen LogP contribution in [0, 0.1) is 13.8 Å². The lowest BCUT2D eigenvalue weighted by molar-refractivity contribution is 0.102. The maximum absolute atomic E-state index is 12.3. The molecule has 2 aromatic heterocycles. The summed E-state index contributed by atoms with van der Waals surface area (Å²) in [5.41, 5.74) is 4.35. The fraction of sp³-hybridized carbons (Fsp3) is 0.222. The fourth-order valence-electron chi connectivity index (χ4n) is 2.45. The summed E-state index contributed by atoms with van der Waals surface area (Å²) in [4.78, 5) is 25.1. The number of carbonyl (C=O) groups excluding carboxylic acids is 1. The number of hydrogen-bond donors (Lipinski definition) is 1. The lowest BCUT2D eigenvalue weighted by atomic mass is 10.0. The third-order valence-electron chi connectivity index (χ3n) is 3.82. The zero-order valence-corrected chi connectivity index (χ0v) is 16.5. The molecule has 0 aliphatic rings. The fourth-order valence-corrected chi connectivity index (χ4v) is 3.47. The predicted molar refractivity (Wildman–Crippen MR) is 105 cm³/mol. The van der Waals surface area contributed by atoms with Gasteiger partial charge in [-0.15, -0.1) is 11.3 Å². The summed E-state index contributed by atoms with van der Waals surface area (Å²) in [6.45, 7) is 4.01. The quantitative estimate of drug-likeness (QED) is 0.523. The van der Waals surface area contributed by atoms with Gasteiger partial charge < -0.3 is 4.74 Å². The Morgan fingerprint density at radius 2 is 1.92 bits per heavy atom. The van der Waals surface area contributed by atoms with Crippen molar-refractivity contribution in [3.8, 4) is 17.0 Å². The minimum atomic E-state index is -0.277. The van der Waals surface area contributed by atoms with Crippen LogP contribution in [-0.4, -0.2) is 34.2 Å². The van der Waals surface area contributed by atoms with Gasteiger partial charge in [-0.2, -0.15) is 0 Å². The molecule has 0 bridgehead atoms. The van der Waals surface area contributed by atoms with Crippen LogP contribution in [0.25, 0.3) is 11.3 Å². The van der Waals surface area contributed by atoms with Crippen molar-refractivity contribution in [2.45, 2.75) is 19.0 Å². The molecular weight excluding hydrogens is 368 g/mol. The molecule has 1 amide bonds. The van der Waals surface area contributed by atoms with Crippen LogP contribution >= 0.6 is 23.1 Å². The molecule has 1 N–H and O–H groups in total. The van der Waals surface area contributed by atoms with Crippen molar-refractivity contribution in [3.63, 3.8) is 0 Å². The third kappa shape index (κ3) is 3.86. The van der Waals surface area contributed by atoms with Crippen molar-refractivity contribution in [1.29, 1.82) is 0 Å². The number of nitrogens with one attached hydrogen (secondary N) is 1. The maximum atomic E-state index is 12.3. The zero-order chi connectivity index (χ0) is 18.7. The van der Waals surface area contributed by atoms with E-state index < -0.39 is 0 Å². The molecule has 0 radical (unpaired) electrons. The number of aromatic nitrogens is 3. The number of nitrogens with zero attached hydrogens (tertiary/aromatic N) is 3.